The average Bonchev–Trinajstić information content (AvgIpc) is 2.48. The summed E-state index contributed by atoms with van der Waals surface area (Å²) in [7, 11) is 0. The first-order chi connectivity index (χ1) is 9.70. The Labute approximate surface area is 119 Å². The SMILES string of the molecule is CC[C@H](Oc1ccccc1)C(=O)Nc1ccccc1C. The number of anilines is 1. The number of nitrogens with one attached hydrogen (secondary N) is 1. The molecule has 0 aromatic heterocycles. The number of ether oxygens (including phenoxy) is 1. The zero-order valence-corrected chi connectivity index (χ0v) is 11.8. The fourth-order valence-electron chi connectivity index (χ4n) is 1.91. The fourth-order valence-corrected chi connectivity index (χ4v) is 1.91. The van der Waals surface area contributed by atoms with Crippen molar-refractivity contribution >= 4 is 11.6 Å². The lowest BCUT2D eigenvalue weighted by molar-refractivity contribution is -0.122. The van der Waals surface area contributed by atoms with Crippen LogP contribution in [0, 0.1) is 6.92 Å². The summed E-state index contributed by atoms with van der Waals surface area (Å²) in [6, 6.07) is 17.1. The number of amides is 1. The molecule has 1 amide bonds. The van der Waals surface area contributed by atoms with Crippen LogP contribution >= 0.6 is 0 Å². The molecule has 0 aliphatic rings. The Morgan fingerprint density at radius 1 is 1.10 bits per heavy atom. The Kier molecular flexibility index (Phi) is 4.77. The zero-order chi connectivity index (χ0) is 14.4. The van der Waals surface area contributed by atoms with E-state index >= 15 is 0 Å². The van der Waals surface area contributed by atoms with Crippen molar-refractivity contribution in [1.82, 2.24) is 0 Å². The Balaban J connectivity index is 2.04. The molecule has 3 nitrogen and oxygen atoms in total. The molecule has 3 heteroatoms. The number of benzene rings is 2. The molecule has 2 aromatic carbocycles. The Morgan fingerprint density at radius 2 is 1.75 bits per heavy atom. The molecule has 0 fully saturated rings. The molecule has 2 aromatic rings. The van der Waals surface area contributed by atoms with Gasteiger partial charge in [0.25, 0.3) is 5.91 Å². The standard InChI is InChI=1S/C17H19NO2/c1-3-16(20-14-10-5-4-6-11-14)17(19)18-15-12-8-7-9-13(15)2/h4-12,16H,3H2,1-2H3,(H,18,19)/t16-/m0/s1. The van der Waals surface area contributed by atoms with Crippen molar-refractivity contribution in [2.45, 2.75) is 26.4 Å². The third-order valence-corrected chi connectivity index (χ3v) is 3.09. The van der Waals surface area contributed by atoms with E-state index in [9.17, 15) is 4.79 Å². The normalized spacial score (nSPS) is 11.7. The molecule has 0 saturated carbocycles. The third kappa shape index (κ3) is 3.60. The number of hydrogen-bond donors (Lipinski definition) is 1. The maximum Gasteiger partial charge on any atom is 0.265 e. The summed E-state index contributed by atoms with van der Waals surface area (Å²) in [6.07, 6.45) is 0.129. The lowest BCUT2D eigenvalue weighted by atomic mass is 10.2. The van der Waals surface area contributed by atoms with Crippen molar-refractivity contribution in [1.29, 1.82) is 0 Å². The van der Waals surface area contributed by atoms with Crippen LogP contribution in [0.5, 0.6) is 5.75 Å². The molecule has 1 N–H and O–H groups in total. The van der Waals surface area contributed by atoms with E-state index in [1.54, 1.807) is 0 Å². The van der Waals surface area contributed by atoms with E-state index in [0.29, 0.717) is 12.2 Å². The second kappa shape index (κ2) is 6.75. The second-order valence-corrected chi connectivity index (χ2v) is 4.63. The number of hydrogen-bond acceptors (Lipinski definition) is 2. The monoisotopic (exact) mass is 269 g/mol. The molecular weight excluding hydrogens is 250 g/mol. The van der Waals surface area contributed by atoms with Gasteiger partial charge in [0, 0.05) is 5.69 Å². The van der Waals surface area contributed by atoms with Gasteiger partial charge < -0.3 is 10.1 Å². The van der Waals surface area contributed by atoms with Crippen LogP contribution in [0.3, 0.4) is 0 Å². The van der Waals surface area contributed by atoms with Crippen molar-refractivity contribution in [2.24, 2.45) is 0 Å². The molecule has 20 heavy (non-hydrogen) atoms. The van der Waals surface area contributed by atoms with Crippen molar-refractivity contribution < 1.29 is 9.53 Å². The van der Waals surface area contributed by atoms with Crippen molar-refractivity contribution in [3.8, 4) is 5.75 Å². The van der Waals surface area contributed by atoms with Gasteiger partial charge in [-0.1, -0.05) is 43.3 Å². The Morgan fingerprint density at radius 3 is 2.40 bits per heavy atom. The number of para-hydroxylation sites is 2. The number of rotatable bonds is 5. The summed E-state index contributed by atoms with van der Waals surface area (Å²) in [4.78, 5) is 12.3. The largest absolute Gasteiger partial charge is 0.481 e. The smallest absolute Gasteiger partial charge is 0.265 e. The van der Waals surface area contributed by atoms with Gasteiger partial charge in [0.2, 0.25) is 0 Å². The van der Waals surface area contributed by atoms with Gasteiger partial charge in [-0.3, -0.25) is 4.79 Å². The molecule has 0 spiro atoms. The summed E-state index contributed by atoms with van der Waals surface area (Å²) in [5.41, 5.74) is 1.86. The van der Waals surface area contributed by atoms with E-state index in [0.717, 1.165) is 11.3 Å². The maximum atomic E-state index is 12.3. The predicted molar refractivity (Wildman–Crippen MR) is 81.0 cm³/mol. The van der Waals surface area contributed by atoms with Crippen LogP contribution in [0.1, 0.15) is 18.9 Å². The van der Waals surface area contributed by atoms with Crippen LogP contribution in [0.25, 0.3) is 0 Å². The lowest BCUT2D eigenvalue weighted by Crippen LogP contribution is -2.32. The molecule has 0 radical (unpaired) electrons. The molecule has 0 aliphatic heterocycles. The van der Waals surface area contributed by atoms with Gasteiger partial charge in [0.05, 0.1) is 0 Å². The fraction of sp³-hybridized carbons (Fsp3) is 0.235. The van der Waals surface area contributed by atoms with Gasteiger partial charge >= 0.3 is 0 Å². The van der Waals surface area contributed by atoms with Gasteiger partial charge in [-0.15, -0.1) is 0 Å². The highest BCUT2D eigenvalue weighted by Gasteiger charge is 2.18. The van der Waals surface area contributed by atoms with E-state index in [4.69, 9.17) is 4.74 Å². The number of carbonyl (C=O) groups is 1. The van der Waals surface area contributed by atoms with E-state index in [-0.39, 0.29) is 5.91 Å². The summed E-state index contributed by atoms with van der Waals surface area (Å²) >= 11 is 0. The molecule has 1 atom stereocenters. The molecule has 0 heterocycles. The van der Waals surface area contributed by atoms with Crippen LogP contribution in [0.4, 0.5) is 5.69 Å². The maximum absolute atomic E-state index is 12.3. The van der Waals surface area contributed by atoms with Gasteiger partial charge in [0.1, 0.15) is 5.75 Å². The number of carbonyl (C=O) groups excluding carboxylic acids is 1. The van der Waals surface area contributed by atoms with Crippen LogP contribution in [-0.4, -0.2) is 12.0 Å². The molecule has 0 saturated heterocycles. The van der Waals surface area contributed by atoms with Crippen molar-refractivity contribution in [2.75, 3.05) is 5.32 Å². The van der Waals surface area contributed by atoms with E-state index in [1.807, 2.05) is 68.4 Å². The van der Waals surface area contributed by atoms with Crippen LogP contribution in [0.15, 0.2) is 54.6 Å². The van der Waals surface area contributed by atoms with Crippen molar-refractivity contribution in [3.05, 3.63) is 60.2 Å². The molecule has 2 rings (SSSR count). The molecule has 0 unspecified atom stereocenters. The van der Waals surface area contributed by atoms with Gasteiger partial charge in [0.15, 0.2) is 6.10 Å². The number of aryl methyl sites for hydroxylation is 1. The molecule has 0 aliphatic carbocycles. The first kappa shape index (κ1) is 14.1. The van der Waals surface area contributed by atoms with E-state index < -0.39 is 6.10 Å². The van der Waals surface area contributed by atoms with Crippen molar-refractivity contribution in [3.63, 3.8) is 0 Å². The minimum atomic E-state index is -0.489. The molecule has 104 valence electrons. The highest BCUT2D eigenvalue weighted by atomic mass is 16.5. The first-order valence-electron chi connectivity index (χ1n) is 6.79. The van der Waals surface area contributed by atoms with E-state index in [2.05, 4.69) is 5.32 Å². The molecule has 0 bridgehead atoms. The summed E-state index contributed by atoms with van der Waals surface area (Å²) in [5.74, 6) is 0.588. The first-order valence-corrected chi connectivity index (χ1v) is 6.79. The summed E-state index contributed by atoms with van der Waals surface area (Å²) in [5, 5.41) is 2.92. The summed E-state index contributed by atoms with van der Waals surface area (Å²) < 4.78 is 5.73. The van der Waals surface area contributed by atoms with Crippen LogP contribution < -0.4 is 10.1 Å². The topological polar surface area (TPSA) is 38.3 Å². The minimum Gasteiger partial charge on any atom is -0.481 e. The highest BCUT2D eigenvalue weighted by Crippen LogP contribution is 2.16. The van der Waals surface area contributed by atoms with Gasteiger partial charge in [-0.05, 0) is 37.1 Å². The summed E-state index contributed by atoms with van der Waals surface area (Å²) in [6.45, 7) is 3.90. The van der Waals surface area contributed by atoms with Crippen LogP contribution in [-0.2, 0) is 4.79 Å². The quantitative estimate of drug-likeness (QED) is 0.896. The predicted octanol–water partition coefficient (Wildman–Crippen LogP) is 3.79. The van der Waals surface area contributed by atoms with Gasteiger partial charge in [-0.2, -0.15) is 0 Å². The van der Waals surface area contributed by atoms with Gasteiger partial charge in [-0.25, -0.2) is 0 Å². The zero-order valence-electron chi connectivity index (χ0n) is 11.8. The van der Waals surface area contributed by atoms with E-state index in [1.165, 1.54) is 0 Å². The average molecular weight is 269 g/mol. The lowest BCUT2D eigenvalue weighted by Gasteiger charge is -2.18. The van der Waals surface area contributed by atoms with Crippen LogP contribution in [0.2, 0.25) is 0 Å². The minimum absolute atomic E-state index is 0.120. The Bertz CT molecular complexity index is 566. The second-order valence-electron chi connectivity index (χ2n) is 4.63. The Hall–Kier alpha value is -2.29. The molecular formula is C17H19NO2. The third-order valence-electron chi connectivity index (χ3n) is 3.09. The highest BCUT2D eigenvalue weighted by molar-refractivity contribution is 5.94.